The number of methoxy groups -OCH3 is 1. The van der Waals surface area contributed by atoms with Gasteiger partial charge in [0.15, 0.2) is 0 Å². The van der Waals surface area contributed by atoms with Crippen LogP contribution in [0.3, 0.4) is 0 Å². The quantitative estimate of drug-likeness (QED) is 0.843. The highest BCUT2D eigenvalue weighted by molar-refractivity contribution is 7.19. The van der Waals surface area contributed by atoms with Gasteiger partial charge in [-0.05, 0) is 25.0 Å². The van der Waals surface area contributed by atoms with Crippen LogP contribution in [0.5, 0.6) is 5.75 Å². The summed E-state index contributed by atoms with van der Waals surface area (Å²) in [4.78, 5) is 14.3. The summed E-state index contributed by atoms with van der Waals surface area (Å²) in [6.07, 6.45) is 6.23. The van der Waals surface area contributed by atoms with Gasteiger partial charge in [-0.2, -0.15) is 0 Å². The Hall–Kier alpha value is -2.35. The summed E-state index contributed by atoms with van der Waals surface area (Å²) in [5.41, 5.74) is 0.654. The molecule has 0 atom stereocenters. The van der Waals surface area contributed by atoms with E-state index in [9.17, 15) is 4.79 Å². The van der Waals surface area contributed by atoms with Crippen molar-refractivity contribution in [1.29, 1.82) is 0 Å². The molecule has 1 aliphatic rings. The van der Waals surface area contributed by atoms with Crippen molar-refractivity contribution < 1.29 is 9.53 Å². The van der Waals surface area contributed by atoms with Gasteiger partial charge >= 0.3 is 6.03 Å². The molecule has 1 aliphatic carbocycles. The van der Waals surface area contributed by atoms with Crippen molar-refractivity contribution in [3.8, 4) is 5.75 Å². The molecule has 2 amide bonds. The third-order valence-electron chi connectivity index (χ3n) is 4.39. The average Bonchev–Trinajstić information content (AvgIpc) is 3.10. The molecule has 0 bridgehead atoms. The Morgan fingerprint density at radius 2 is 2.04 bits per heavy atom. The first-order chi connectivity index (χ1) is 12.2. The largest absolute Gasteiger partial charge is 0.497 e. The first kappa shape index (κ1) is 17.5. The van der Waals surface area contributed by atoms with E-state index in [2.05, 4.69) is 32.8 Å². The van der Waals surface area contributed by atoms with Gasteiger partial charge in [-0.15, -0.1) is 10.2 Å². The maximum Gasteiger partial charge on any atom is 0.325 e. The van der Waals surface area contributed by atoms with Gasteiger partial charge in [-0.25, -0.2) is 4.79 Å². The summed E-state index contributed by atoms with van der Waals surface area (Å²) in [5.74, 6) is 0.685. The minimum absolute atomic E-state index is 0.351. The molecule has 0 spiro atoms. The van der Waals surface area contributed by atoms with Crippen LogP contribution in [0.4, 0.5) is 20.7 Å². The normalized spacial score (nSPS) is 14.8. The Labute approximate surface area is 151 Å². The molecule has 3 rings (SSSR count). The van der Waals surface area contributed by atoms with Crippen molar-refractivity contribution in [3.05, 3.63) is 24.3 Å². The van der Waals surface area contributed by atoms with Gasteiger partial charge in [0.05, 0.1) is 7.11 Å². The van der Waals surface area contributed by atoms with Crippen LogP contribution < -0.4 is 20.3 Å². The van der Waals surface area contributed by atoms with Crippen LogP contribution in [-0.4, -0.2) is 36.4 Å². The monoisotopic (exact) mass is 361 g/mol. The van der Waals surface area contributed by atoms with Crippen molar-refractivity contribution in [1.82, 2.24) is 10.2 Å². The van der Waals surface area contributed by atoms with Crippen LogP contribution >= 0.6 is 11.3 Å². The number of anilines is 3. The third-order valence-corrected chi connectivity index (χ3v) is 5.32. The highest BCUT2D eigenvalue weighted by atomic mass is 32.1. The highest BCUT2D eigenvalue weighted by Crippen LogP contribution is 2.29. The number of urea groups is 1. The number of rotatable bonds is 5. The predicted molar refractivity (Wildman–Crippen MR) is 101 cm³/mol. The van der Waals surface area contributed by atoms with Crippen molar-refractivity contribution in [3.63, 3.8) is 0 Å². The standard InChI is InChI=1S/C17H23N5O2S/c1-22(13-8-4-3-5-9-13)17-21-20-16(25-17)19-15(23)18-12-7-6-10-14(11-12)24-2/h6-7,10-11,13H,3-5,8-9H2,1-2H3,(H2,18,19,20,23). The molecule has 1 saturated carbocycles. The Bertz CT molecular complexity index is 715. The van der Waals surface area contributed by atoms with E-state index >= 15 is 0 Å². The number of carbonyl (C=O) groups excluding carboxylic acids is 1. The molecule has 1 aromatic carbocycles. The van der Waals surface area contributed by atoms with Gasteiger partial charge in [0.1, 0.15) is 5.75 Å². The minimum atomic E-state index is -0.351. The molecule has 0 unspecified atom stereocenters. The smallest absolute Gasteiger partial charge is 0.325 e. The zero-order chi connectivity index (χ0) is 17.6. The molecule has 1 aromatic heterocycles. The van der Waals surface area contributed by atoms with Crippen molar-refractivity contribution in [2.75, 3.05) is 29.7 Å². The molecule has 134 valence electrons. The van der Waals surface area contributed by atoms with E-state index in [4.69, 9.17) is 4.74 Å². The number of aromatic nitrogens is 2. The first-order valence-corrected chi connectivity index (χ1v) is 9.26. The summed E-state index contributed by atoms with van der Waals surface area (Å²) in [6, 6.07) is 7.35. The highest BCUT2D eigenvalue weighted by Gasteiger charge is 2.21. The van der Waals surface area contributed by atoms with Gasteiger partial charge in [-0.1, -0.05) is 36.7 Å². The molecule has 0 aliphatic heterocycles. The first-order valence-electron chi connectivity index (χ1n) is 8.44. The summed E-state index contributed by atoms with van der Waals surface area (Å²) < 4.78 is 5.14. The van der Waals surface area contributed by atoms with Crippen LogP contribution in [0.25, 0.3) is 0 Å². The van der Waals surface area contributed by atoms with Gasteiger partial charge < -0.3 is 15.0 Å². The summed E-state index contributed by atoms with van der Waals surface area (Å²) >= 11 is 1.39. The zero-order valence-corrected chi connectivity index (χ0v) is 15.3. The summed E-state index contributed by atoms with van der Waals surface area (Å²) in [7, 11) is 3.64. The van der Waals surface area contributed by atoms with Crippen LogP contribution in [-0.2, 0) is 0 Å². The van der Waals surface area contributed by atoms with Gasteiger partial charge in [0.2, 0.25) is 10.3 Å². The topological polar surface area (TPSA) is 79.4 Å². The molecule has 2 N–H and O–H groups in total. The number of hydrogen-bond donors (Lipinski definition) is 2. The van der Waals surface area contributed by atoms with E-state index < -0.39 is 0 Å². The number of benzene rings is 1. The number of hydrogen-bond acceptors (Lipinski definition) is 6. The fourth-order valence-electron chi connectivity index (χ4n) is 2.99. The van der Waals surface area contributed by atoms with Crippen LogP contribution in [0, 0.1) is 0 Å². The Kier molecular flexibility index (Phi) is 5.70. The number of carbonyl (C=O) groups is 1. The molecule has 25 heavy (non-hydrogen) atoms. The molecular formula is C17H23N5O2S. The average molecular weight is 361 g/mol. The lowest BCUT2D eigenvalue weighted by Crippen LogP contribution is -2.33. The lowest BCUT2D eigenvalue weighted by molar-refractivity contribution is 0.262. The molecule has 0 saturated heterocycles. The van der Waals surface area contributed by atoms with Crippen molar-refractivity contribution in [2.45, 2.75) is 38.1 Å². The maximum atomic E-state index is 12.1. The Morgan fingerprint density at radius 1 is 1.24 bits per heavy atom. The molecule has 1 heterocycles. The van der Waals surface area contributed by atoms with Crippen molar-refractivity contribution in [2.24, 2.45) is 0 Å². The van der Waals surface area contributed by atoms with Crippen LogP contribution in [0.1, 0.15) is 32.1 Å². The summed E-state index contributed by atoms with van der Waals surface area (Å²) in [6.45, 7) is 0. The fraction of sp³-hybridized carbons (Fsp3) is 0.471. The molecule has 0 radical (unpaired) electrons. The minimum Gasteiger partial charge on any atom is -0.497 e. The number of amides is 2. The lowest BCUT2D eigenvalue weighted by atomic mass is 9.95. The Balaban J connectivity index is 1.57. The van der Waals surface area contributed by atoms with E-state index in [-0.39, 0.29) is 6.03 Å². The van der Waals surface area contributed by atoms with Gasteiger partial charge in [0, 0.05) is 24.8 Å². The lowest BCUT2D eigenvalue weighted by Gasteiger charge is -2.30. The van der Waals surface area contributed by atoms with E-state index in [0.717, 1.165) is 5.13 Å². The molecule has 7 nitrogen and oxygen atoms in total. The molecule has 1 fully saturated rings. The van der Waals surface area contributed by atoms with E-state index in [1.807, 2.05) is 12.1 Å². The second kappa shape index (κ2) is 8.15. The van der Waals surface area contributed by atoms with E-state index in [1.165, 1.54) is 43.4 Å². The molecule has 8 heteroatoms. The number of ether oxygens (including phenoxy) is 1. The maximum absolute atomic E-state index is 12.1. The van der Waals surface area contributed by atoms with Gasteiger partial charge in [0.25, 0.3) is 0 Å². The second-order valence-corrected chi connectivity index (χ2v) is 7.06. The van der Waals surface area contributed by atoms with Crippen LogP contribution in [0.2, 0.25) is 0 Å². The molecular weight excluding hydrogens is 338 g/mol. The zero-order valence-electron chi connectivity index (χ0n) is 14.5. The van der Waals surface area contributed by atoms with E-state index in [0.29, 0.717) is 22.6 Å². The fourth-order valence-corrected chi connectivity index (χ4v) is 3.77. The van der Waals surface area contributed by atoms with Gasteiger partial charge in [-0.3, -0.25) is 5.32 Å². The third kappa shape index (κ3) is 4.60. The second-order valence-electron chi connectivity index (χ2n) is 6.10. The summed E-state index contributed by atoms with van der Waals surface area (Å²) in [5, 5.41) is 15.1. The number of nitrogens with zero attached hydrogens (tertiary/aromatic N) is 3. The number of nitrogens with one attached hydrogen (secondary N) is 2. The molecule has 2 aromatic rings. The van der Waals surface area contributed by atoms with Crippen LogP contribution in [0.15, 0.2) is 24.3 Å². The van der Waals surface area contributed by atoms with E-state index in [1.54, 1.807) is 19.2 Å². The Morgan fingerprint density at radius 3 is 2.80 bits per heavy atom. The van der Waals surface area contributed by atoms with Crippen molar-refractivity contribution >= 4 is 33.3 Å². The SMILES string of the molecule is COc1cccc(NC(=O)Nc2nnc(N(C)C3CCCCC3)s2)c1. The predicted octanol–water partition coefficient (Wildman–Crippen LogP) is 3.96.